The second kappa shape index (κ2) is 5.60. The minimum atomic E-state index is -2.59. The highest BCUT2D eigenvalue weighted by Gasteiger charge is 2.34. The second-order valence-electron chi connectivity index (χ2n) is 5.65. The Balaban J connectivity index is 1.82. The van der Waals surface area contributed by atoms with Crippen LogP contribution in [-0.2, 0) is 0 Å². The van der Waals surface area contributed by atoms with E-state index >= 15 is 0 Å². The van der Waals surface area contributed by atoms with E-state index in [0.29, 0.717) is 11.5 Å². The molecule has 2 aromatic rings. The largest absolute Gasteiger partial charge is 0.476 e. The molecule has 0 spiro atoms. The molecule has 0 aromatic carbocycles. The first-order valence-electron chi connectivity index (χ1n) is 7.23. The number of carboxylic acid groups (broad SMARTS) is 1. The molecule has 0 radical (unpaired) electrons. The van der Waals surface area contributed by atoms with E-state index in [1.54, 1.807) is 10.8 Å². The minimum absolute atomic E-state index is 0.0509. The molecule has 1 aliphatic rings. The average Bonchev–Trinajstić information content (AvgIpc) is 2.98. The highest BCUT2D eigenvalue weighted by Crippen LogP contribution is 2.31. The van der Waals surface area contributed by atoms with Gasteiger partial charge in [-0.25, -0.2) is 23.5 Å². The highest BCUT2D eigenvalue weighted by atomic mass is 19.3. The van der Waals surface area contributed by atoms with Crippen LogP contribution in [-0.4, -0.2) is 44.6 Å². The molecule has 0 atom stereocenters. The molecule has 1 saturated heterocycles. The number of aromatic carboxylic acids is 1. The molecule has 0 amide bonds. The first-order valence-corrected chi connectivity index (χ1v) is 7.23. The predicted molar refractivity (Wildman–Crippen MR) is 79.4 cm³/mol. The zero-order valence-corrected chi connectivity index (χ0v) is 12.5. The maximum Gasteiger partial charge on any atom is 0.356 e. The van der Waals surface area contributed by atoms with Crippen LogP contribution in [0.3, 0.4) is 0 Å². The van der Waals surface area contributed by atoms with Gasteiger partial charge in [0.1, 0.15) is 12.1 Å². The summed E-state index contributed by atoms with van der Waals surface area (Å²) >= 11 is 0. The minimum Gasteiger partial charge on any atom is -0.476 e. The summed E-state index contributed by atoms with van der Waals surface area (Å²) < 4.78 is 28.1. The number of halogens is 2. The molecule has 23 heavy (non-hydrogen) atoms. The Morgan fingerprint density at radius 1 is 1.30 bits per heavy atom. The van der Waals surface area contributed by atoms with Crippen LogP contribution in [0.4, 0.5) is 14.6 Å². The van der Waals surface area contributed by atoms with Gasteiger partial charge in [0.05, 0.1) is 11.9 Å². The van der Waals surface area contributed by atoms with Crippen LogP contribution in [0.2, 0.25) is 0 Å². The number of aryl methyl sites for hydroxylation is 1. The number of hydrogen-bond acceptors (Lipinski definition) is 4. The molecule has 122 valence electrons. The number of carbonyl (C=O) groups is 1. The molecule has 1 aliphatic heterocycles. The lowest BCUT2D eigenvalue weighted by Crippen LogP contribution is -2.40. The Morgan fingerprint density at radius 2 is 2.00 bits per heavy atom. The molecule has 2 aromatic heterocycles. The lowest BCUT2D eigenvalue weighted by molar-refractivity contribution is -0.0221. The number of rotatable bonds is 3. The third-order valence-electron chi connectivity index (χ3n) is 3.93. The van der Waals surface area contributed by atoms with Crippen LogP contribution < -0.4 is 4.90 Å². The first-order chi connectivity index (χ1) is 10.9. The monoisotopic (exact) mass is 322 g/mol. The van der Waals surface area contributed by atoms with Crippen molar-refractivity contribution in [1.29, 1.82) is 0 Å². The van der Waals surface area contributed by atoms with Gasteiger partial charge in [-0.3, -0.25) is 0 Å². The van der Waals surface area contributed by atoms with E-state index in [1.807, 2.05) is 17.9 Å². The fourth-order valence-electron chi connectivity index (χ4n) is 2.65. The van der Waals surface area contributed by atoms with Crippen molar-refractivity contribution in [2.75, 3.05) is 18.0 Å². The molecule has 3 rings (SSSR count). The number of alkyl halides is 2. The number of anilines is 1. The maximum atomic E-state index is 13.2. The van der Waals surface area contributed by atoms with Gasteiger partial charge in [-0.05, 0) is 18.6 Å². The smallest absolute Gasteiger partial charge is 0.356 e. The fourth-order valence-corrected chi connectivity index (χ4v) is 2.65. The Hall–Kier alpha value is -2.51. The third kappa shape index (κ3) is 3.15. The summed E-state index contributed by atoms with van der Waals surface area (Å²) in [5.41, 5.74) is 1.47. The summed E-state index contributed by atoms with van der Waals surface area (Å²) in [6, 6.07) is 1.84. The Bertz CT molecular complexity index is 735. The summed E-state index contributed by atoms with van der Waals surface area (Å²) in [5, 5.41) is 8.90. The number of aromatic nitrogens is 3. The molecule has 0 saturated carbocycles. The van der Waals surface area contributed by atoms with Crippen molar-refractivity contribution in [3.05, 3.63) is 36.0 Å². The number of nitrogens with zero attached hydrogens (tertiary/aromatic N) is 4. The summed E-state index contributed by atoms with van der Waals surface area (Å²) in [5.74, 6) is -3.00. The van der Waals surface area contributed by atoms with Crippen molar-refractivity contribution in [2.45, 2.75) is 25.7 Å². The molecule has 0 aliphatic carbocycles. The van der Waals surface area contributed by atoms with Gasteiger partial charge in [0, 0.05) is 32.1 Å². The van der Waals surface area contributed by atoms with Crippen molar-refractivity contribution in [1.82, 2.24) is 14.5 Å². The molecule has 1 fully saturated rings. The SMILES string of the molecule is Cc1cc(-n2cnc(C(=O)O)c2)cnc1N1CCC(F)(F)CC1. The normalized spacial score (nSPS) is 17.3. The Kier molecular flexibility index (Phi) is 3.75. The van der Waals surface area contributed by atoms with Crippen molar-refractivity contribution >= 4 is 11.8 Å². The van der Waals surface area contributed by atoms with Crippen LogP contribution in [0, 0.1) is 6.92 Å². The lowest BCUT2D eigenvalue weighted by Gasteiger charge is -2.33. The van der Waals surface area contributed by atoms with Crippen LogP contribution >= 0.6 is 0 Å². The summed E-state index contributed by atoms with van der Waals surface area (Å²) in [7, 11) is 0. The molecular weight excluding hydrogens is 306 g/mol. The number of hydrogen-bond donors (Lipinski definition) is 1. The molecule has 8 heteroatoms. The van der Waals surface area contributed by atoms with Crippen LogP contribution in [0.5, 0.6) is 0 Å². The van der Waals surface area contributed by atoms with E-state index < -0.39 is 11.9 Å². The Morgan fingerprint density at radius 3 is 2.57 bits per heavy atom. The molecule has 3 heterocycles. The predicted octanol–water partition coefficient (Wildman–Crippen LogP) is 2.51. The van der Waals surface area contributed by atoms with E-state index in [0.717, 1.165) is 5.56 Å². The lowest BCUT2D eigenvalue weighted by atomic mass is 10.1. The second-order valence-corrected chi connectivity index (χ2v) is 5.65. The topological polar surface area (TPSA) is 71.2 Å². The van der Waals surface area contributed by atoms with Crippen molar-refractivity contribution in [2.24, 2.45) is 0 Å². The van der Waals surface area contributed by atoms with Gasteiger partial charge in [0.15, 0.2) is 5.69 Å². The van der Waals surface area contributed by atoms with E-state index in [-0.39, 0.29) is 31.6 Å². The van der Waals surface area contributed by atoms with Crippen molar-refractivity contribution < 1.29 is 18.7 Å². The Labute approximate surface area is 131 Å². The molecule has 1 N–H and O–H groups in total. The maximum absolute atomic E-state index is 13.2. The van der Waals surface area contributed by atoms with Gasteiger partial charge in [0.25, 0.3) is 5.92 Å². The standard InChI is InChI=1S/C15H16F2N4O2/c1-10-6-11(21-8-12(14(22)23)19-9-21)7-18-13(10)20-4-2-15(16,17)3-5-20/h6-9H,2-5H2,1H3,(H,22,23). The summed E-state index contributed by atoms with van der Waals surface area (Å²) in [6.45, 7) is 2.40. The van der Waals surface area contributed by atoms with Crippen LogP contribution in [0.25, 0.3) is 5.69 Å². The van der Waals surface area contributed by atoms with Gasteiger partial charge >= 0.3 is 5.97 Å². The van der Waals surface area contributed by atoms with Gasteiger partial charge in [0.2, 0.25) is 0 Å². The molecule has 0 bridgehead atoms. The third-order valence-corrected chi connectivity index (χ3v) is 3.93. The van der Waals surface area contributed by atoms with Crippen LogP contribution in [0.1, 0.15) is 28.9 Å². The highest BCUT2D eigenvalue weighted by molar-refractivity contribution is 5.85. The molecular formula is C15H16F2N4O2. The van der Waals surface area contributed by atoms with Gasteiger partial charge in [-0.2, -0.15) is 0 Å². The van der Waals surface area contributed by atoms with E-state index in [4.69, 9.17) is 5.11 Å². The number of pyridine rings is 1. The van der Waals surface area contributed by atoms with Crippen molar-refractivity contribution in [3.8, 4) is 5.69 Å². The fraction of sp³-hybridized carbons (Fsp3) is 0.400. The summed E-state index contributed by atoms with van der Waals surface area (Å²) in [6.07, 6.45) is 4.06. The molecule has 0 unspecified atom stereocenters. The first kappa shape index (κ1) is 15.4. The van der Waals surface area contributed by atoms with E-state index in [1.165, 1.54) is 12.5 Å². The van der Waals surface area contributed by atoms with Gasteiger partial charge in [-0.1, -0.05) is 0 Å². The zero-order valence-electron chi connectivity index (χ0n) is 12.5. The zero-order chi connectivity index (χ0) is 16.6. The van der Waals surface area contributed by atoms with Gasteiger partial charge < -0.3 is 14.6 Å². The van der Waals surface area contributed by atoms with Crippen molar-refractivity contribution in [3.63, 3.8) is 0 Å². The van der Waals surface area contributed by atoms with Crippen LogP contribution in [0.15, 0.2) is 24.8 Å². The molecule has 6 nitrogen and oxygen atoms in total. The number of piperidine rings is 1. The van der Waals surface area contributed by atoms with E-state index in [9.17, 15) is 13.6 Å². The number of carboxylic acids is 1. The summed E-state index contributed by atoms with van der Waals surface area (Å²) in [4.78, 5) is 20.9. The van der Waals surface area contributed by atoms with E-state index in [2.05, 4.69) is 9.97 Å². The average molecular weight is 322 g/mol. The quantitative estimate of drug-likeness (QED) is 0.940. The van der Waals surface area contributed by atoms with Gasteiger partial charge in [-0.15, -0.1) is 0 Å². The number of imidazole rings is 1.